The summed E-state index contributed by atoms with van der Waals surface area (Å²) in [6.07, 6.45) is 3.19. The third kappa shape index (κ3) is 2.95. The van der Waals surface area contributed by atoms with E-state index in [1.807, 2.05) is 47.4 Å². The Bertz CT molecular complexity index is 966. The highest BCUT2D eigenvalue weighted by molar-refractivity contribution is 6.18. The Hall–Kier alpha value is -3.47. The maximum Gasteiger partial charge on any atom is 0.279 e. The predicted molar refractivity (Wildman–Crippen MR) is 101 cm³/mol. The Morgan fingerprint density at radius 3 is 2.50 bits per heavy atom. The van der Waals surface area contributed by atoms with Crippen molar-refractivity contribution < 1.29 is 9.53 Å². The van der Waals surface area contributed by atoms with Crippen LogP contribution in [0.1, 0.15) is 21.5 Å². The maximum atomic E-state index is 12.6. The standard InChI is InChI=1S/C21H17N3O2/c1-26-18-8-6-17(7-9-18)24-14-16-4-2-3-5-19(16)20(24)23-21(25)15-10-12-22-13-11-15/h2-13H,14H2,1H3. The number of hydrogen-bond donors (Lipinski definition) is 0. The summed E-state index contributed by atoms with van der Waals surface area (Å²) in [5, 5.41) is 0. The smallest absolute Gasteiger partial charge is 0.279 e. The first-order chi connectivity index (χ1) is 12.8. The second-order valence-electron chi connectivity index (χ2n) is 5.92. The van der Waals surface area contributed by atoms with Crippen LogP contribution in [-0.4, -0.2) is 23.8 Å². The molecular weight excluding hydrogens is 326 g/mol. The summed E-state index contributed by atoms with van der Waals surface area (Å²) >= 11 is 0. The largest absolute Gasteiger partial charge is 0.497 e. The van der Waals surface area contributed by atoms with E-state index in [9.17, 15) is 4.79 Å². The van der Waals surface area contributed by atoms with Crippen molar-refractivity contribution in [2.75, 3.05) is 12.0 Å². The van der Waals surface area contributed by atoms with Crippen molar-refractivity contribution in [3.05, 3.63) is 89.7 Å². The normalized spacial score (nSPS) is 14.3. The number of hydrogen-bond acceptors (Lipinski definition) is 3. The number of nitrogens with zero attached hydrogens (tertiary/aromatic N) is 3. The Kier molecular flexibility index (Phi) is 4.19. The van der Waals surface area contributed by atoms with E-state index < -0.39 is 0 Å². The van der Waals surface area contributed by atoms with Gasteiger partial charge in [-0.3, -0.25) is 9.78 Å². The zero-order valence-electron chi connectivity index (χ0n) is 14.3. The molecule has 26 heavy (non-hydrogen) atoms. The van der Waals surface area contributed by atoms with E-state index in [2.05, 4.69) is 16.0 Å². The van der Waals surface area contributed by atoms with Gasteiger partial charge in [0.15, 0.2) is 0 Å². The Labute approximate surface area is 151 Å². The van der Waals surface area contributed by atoms with Gasteiger partial charge in [0.05, 0.1) is 13.7 Å². The number of pyridine rings is 1. The first-order valence-electron chi connectivity index (χ1n) is 8.29. The number of rotatable bonds is 3. The van der Waals surface area contributed by atoms with Crippen LogP contribution < -0.4 is 9.64 Å². The molecule has 1 amide bonds. The highest BCUT2D eigenvalue weighted by Crippen LogP contribution is 2.30. The number of carbonyl (C=O) groups is 1. The van der Waals surface area contributed by atoms with Gasteiger partial charge in [-0.05, 0) is 42.0 Å². The van der Waals surface area contributed by atoms with Gasteiger partial charge < -0.3 is 9.64 Å². The lowest BCUT2D eigenvalue weighted by Gasteiger charge is -2.19. The highest BCUT2D eigenvalue weighted by atomic mass is 16.5. The molecule has 5 nitrogen and oxygen atoms in total. The molecule has 1 aliphatic heterocycles. The van der Waals surface area contributed by atoms with Crippen LogP contribution in [0.4, 0.5) is 5.69 Å². The van der Waals surface area contributed by atoms with Crippen molar-refractivity contribution in [3.8, 4) is 5.75 Å². The van der Waals surface area contributed by atoms with Crippen LogP contribution in [0.3, 0.4) is 0 Å². The summed E-state index contributed by atoms with van der Waals surface area (Å²) in [4.78, 5) is 23.1. The molecule has 0 N–H and O–H groups in total. The number of anilines is 1. The minimum Gasteiger partial charge on any atom is -0.497 e. The van der Waals surface area contributed by atoms with Gasteiger partial charge in [-0.1, -0.05) is 24.3 Å². The quantitative estimate of drug-likeness (QED) is 0.728. The molecule has 0 spiro atoms. The SMILES string of the molecule is COc1ccc(N2Cc3ccccc3C2=NC(=O)c2ccncc2)cc1. The predicted octanol–water partition coefficient (Wildman–Crippen LogP) is 3.70. The molecule has 0 saturated carbocycles. The molecular formula is C21H17N3O2. The number of fused-ring (bicyclic) bond motifs is 1. The fourth-order valence-corrected chi connectivity index (χ4v) is 3.02. The molecule has 0 aliphatic carbocycles. The van der Waals surface area contributed by atoms with Crippen LogP contribution in [0.15, 0.2) is 78.0 Å². The summed E-state index contributed by atoms with van der Waals surface area (Å²) in [6, 6.07) is 19.1. The maximum absolute atomic E-state index is 12.6. The summed E-state index contributed by atoms with van der Waals surface area (Å²) in [5.74, 6) is 1.17. The molecule has 128 valence electrons. The van der Waals surface area contributed by atoms with Crippen LogP contribution >= 0.6 is 0 Å². The van der Waals surface area contributed by atoms with Crippen molar-refractivity contribution in [2.24, 2.45) is 4.99 Å². The van der Waals surface area contributed by atoms with E-state index in [1.165, 1.54) is 0 Å². The Morgan fingerprint density at radius 1 is 1.04 bits per heavy atom. The molecule has 1 aliphatic rings. The van der Waals surface area contributed by atoms with E-state index in [0.29, 0.717) is 17.9 Å². The molecule has 0 radical (unpaired) electrons. The lowest BCUT2D eigenvalue weighted by Crippen LogP contribution is -2.25. The number of aliphatic imine (C=N–C) groups is 1. The number of benzene rings is 2. The van der Waals surface area contributed by atoms with Gasteiger partial charge >= 0.3 is 0 Å². The number of carbonyl (C=O) groups excluding carboxylic acids is 1. The second-order valence-corrected chi connectivity index (χ2v) is 5.92. The lowest BCUT2D eigenvalue weighted by atomic mass is 10.1. The molecule has 0 saturated heterocycles. The first kappa shape index (κ1) is 16.0. The topological polar surface area (TPSA) is 54.8 Å². The van der Waals surface area contributed by atoms with Crippen molar-refractivity contribution in [3.63, 3.8) is 0 Å². The lowest BCUT2D eigenvalue weighted by molar-refractivity contribution is 0.100. The van der Waals surface area contributed by atoms with Crippen molar-refractivity contribution in [1.29, 1.82) is 0 Å². The van der Waals surface area contributed by atoms with Crippen LogP contribution in [0.25, 0.3) is 0 Å². The van der Waals surface area contributed by atoms with Crippen LogP contribution in [0, 0.1) is 0 Å². The molecule has 0 atom stereocenters. The van der Waals surface area contributed by atoms with E-state index >= 15 is 0 Å². The van der Waals surface area contributed by atoms with Crippen LogP contribution in [0.2, 0.25) is 0 Å². The fourth-order valence-electron chi connectivity index (χ4n) is 3.02. The second kappa shape index (κ2) is 6.80. The minimum absolute atomic E-state index is 0.280. The Morgan fingerprint density at radius 2 is 1.77 bits per heavy atom. The monoisotopic (exact) mass is 343 g/mol. The molecule has 0 bridgehead atoms. The van der Waals surface area contributed by atoms with Gasteiger partial charge in [-0.2, -0.15) is 4.99 Å². The molecule has 2 heterocycles. The van der Waals surface area contributed by atoms with Crippen molar-refractivity contribution in [1.82, 2.24) is 4.98 Å². The average molecular weight is 343 g/mol. The Balaban J connectivity index is 1.76. The fraction of sp³-hybridized carbons (Fsp3) is 0.0952. The van der Waals surface area contributed by atoms with Gasteiger partial charge in [0, 0.05) is 29.2 Å². The van der Waals surface area contributed by atoms with Crippen molar-refractivity contribution in [2.45, 2.75) is 6.54 Å². The van der Waals surface area contributed by atoms with E-state index in [0.717, 1.165) is 22.6 Å². The molecule has 5 heteroatoms. The molecule has 2 aromatic carbocycles. The first-order valence-corrected chi connectivity index (χ1v) is 8.29. The zero-order chi connectivity index (χ0) is 17.9. The molecule has 3 aromatic rings. The van der Waals surface area contributed by atoms with E-state index in [4.69, 9.17) is 4.74 Å². The highest BCUT2D eigenvalue weighted by Gasteiger charge is 2.27. The van der Waals surface area contributed by atoms with Gasteiger partial charge in [0.2, 0.25) is 0 Å². The van der Waals surface area contributed by atoms with Gasteiger partial charge in [-0.25, -0.2) is 0 Å². The number of amidine groups is 1. The van der Waals surface area contributed by atoms with Crippen molar-refractivity contribution >= 4 is 17.4 Å². The third-order valence-corrected chi connectivity index (χ3v) is 4.36. The summed E-state index contributed by atoms with van der Waals surface area (Å²) in [6.45, 7) is 0.672. The number of amides is 1. The third-order valence-electron chi connectivity index (χ3n) is 4.36. The van der Waals surface area contributed by atoms with E-state index in [-0.39, 0.29) is 5.91 Å². The molecule has 0 unspecified atom stereocenters. The van der Waals surface area contributed by atoms with Gasteiger partial charge in [0.1, 0.15) is 11.6 Å². The average Bonchev–Trinajstić information content (AvgIpc) is 3.07. The summed E-state index contributed by atoms with van der Waals surface area (Å²) < 4.78 is 5.23. The minimum atomic E-state index is -0.280. The summed E-state index contributed by atoms with van der Waals surface area (Å²) in [7, 11) is 1.64. The molecule has 1 aromatic heterocycles. The van der Waals surface area contributed by atoms with Gasteiger partial charge in [-0.15, -0.1) is 0 Å². The summed E-state index contributed by atoms with van der Waals surface area (Å²) in [5.41, 5.74) is 3.60. The number of methoxy groups -OCH3 is 1. The molecule has 0 fully saturated rings. The number of ether oxygens (including phenoxy) is 1. The number of aromatic nitrogens is 1. The zero-order valence-corrected chi connectivity index (χ0v) is 14.3. The van der Waals surface area contributed by atoms with E-state index in [1.54, 1.807) is 31.6 Å². The molecule has 4 rings (SSSR count). The van der Waals surface area contributed by atoms with Crippen LogP contribution in [0.5, 0.6) is 5.75 Å². The van der Waals surface area contributed by atoms with Gasteiger partial charge in [0.25, 0.3) is 5.91 Å². The van der Waals surface area contributed by atoms with Crippen LogP contribution in [-0.2, 0) is 6.54 Å².